The predicted octanol–water partition coefficient (Wildman–Crippen LogP) is 5.52. The molecule has 1 aromatic heterocycles. The first kappa shape index (κ1) is 24.8. The molecule has 1 unspecified atom stereocenters. The molecule has 2 heterocycles. The van der Waals surface area contributed by atoms with Gasteiger partial charge in [-0.25, -0.2) is 0 Å². The van der Waals surface area contributed by atoms with Crippen LogP contribution in [0.5, 0.6) is 11.5 Å². The number of nitrogens with zero attached hydrogens (tertiary/aromatic N) is 1. The highest BCUT2D eigenvalue weighted by molar-refractivity contribution is 6.09. The van der Waals surface area contributed by atoms with E-state index < -0.39 is 11.8 Å². The molecule has 0 radical (unpaired) electrons. The van der Waals surface area contributed by atoms with E-state index in [4.69, 9.17) is 23.6 Å². The van der Waals surface area contributed by atoms with Crippen molar-refractivity contribution >= 4 is 17.5 Å². The summed E-state index contributed by atoms with van der Waals surface area (Å²) in [5, 5.41) is 0. The third kappa shape index (κ3) is 4.90. The summed E-state index contributed by atoms with van der Waals surface area (Å²) in [7, 11) is 3.19. The van der Waals surface area contributed by atoms with E-state index in [1.807, 2.05) is 51.1 Å². The number of unbranched alkanes of at least 4 members (excludes halogenated alkanes) is 1. The van der Waals surface area contributed by atoms with Gasteiger partial charge >= 0.3 is 5.97 Å². The topological polar surface area (TPSA) is 87.3 Å². The average molecular weight is 480 g/mol. The van der Waals surface area contributed by atoms with Crippen molar-refractivity contribution in [3.05, 3.63) is 58.7 Å². The lowest BCUT2D eigenvalue weighted by atomic mass is 9.70. The van der Waals surface area contributed by atoms with Gasteiger partial charge in [-0.05, 0) is 62.4 Å². The van der Waals surface area contributed by atoms with Crippen molar-refractivity contribution in [2.24, 2.45) is 10.9 Å². The first-order valence-corrected chi connectivity index (χ1v) is 12.1. The van der Waals surface area contributed by atoms with Crippen LogP contribution in [0, 0.1) is 12.8 Å². The van der Waals surface area contributed by atoms with Gasteiger partial charge < -0.3 is 18.6 Å². The Labute approximate surface area is 206 Å². The Morgan fingerprint density at radius 2 is 1.86 bits per heavy atom. The summed E-state index contributed by atoms with van der Waals surface area (Å²) in [6.07, 6.45) is 2.62. The zero-order chi connectivity index (χ0) is 25.1. The lowest BCUT2D eigenvalue weighted by molar-refractivity contribution is -0.146. The average Bonchev–Trinajstić information content (AvgIpc) is 3.28. The van der Waals surface area contributed by atoms with Crippen LogP contribution in [0.2, 0.25) is 0 Å². The molecule has 1 aliphatic heterocycles. The fourth-order valence-electron chi connectivity index (χ4n) is 5.04. The molecule has 0 bridgehead atoms. The van der Waals surface area contributed by atoms with E-state index in [1.165, 1.54) is 0 Å². The first-order valence-electron chi connectivity index (χ1n) is 12.1. The summed E-state index contributed by atoms with van der Waals surface area (Å²) in [6.45, 7) is 6.09. The summed E-state index contributed by atoms with van der Waals surface area (Å²) in [6, 6.07) is 9.45. The van der Waals surface area contributed by atoms with Crippen molar-refractivity contribution in [3.63, 3.8) is 0 Å². The molecule has 7 nitrogen and oxygen atoms in total. The van der Waals surface area contributed by atoms with Crippen molar-refractivity contribution in [1.82, 2.24) is 0 Å². The number of Topliss-reactive ketones (excluding diaryl/α,β-unsaturated/α-hetero) is 1. The van der Waals surface area contributed by atoms with Crippen LogP contribution in [0.3, 0.4) is 0 Å². The van der Waals surface area contributed by atoms with Crippen LogP contribution in [0.15, 0.2) is 51.0 Å². The van der Waals surface area contributed by atoms with Gasteiger partial charge in [0.05, 0.1) is 26.7 Å². The van der Waals surface area contributed by atoms with Gasteiger partial charge in [0.15, 0.2) is 17.3 Å². The van der Waals surface area contributed by atoms with Crippen molar-refractivity contribution in [2.45, 2.75) is 58.3 Å². The molecule has 0 spiro atoms. The van der Waals surface area contributed by atoms with Crippen LogP contribution in [0.4, 0.5) is 0 Å². The lowest BCUT2D eigenvalue weighted by Crippen LogP contribution is -2.38. The molecule has 0 N–H and O–H groups in total. The number of hydrogen-bond donors (Lipinski definition) is 0. The van der Waals surface area contributed by atoms with Crippen molar-refractivity contribution < 1.29 is 28.2 Å². The van der Waals surface area contributed by atoms with Crippen LogP contribution in [0.25, 0.3) is 0 Å². The molecule has 0 saturated heterocycles. The molecule has 2 aromatic rings. The molecule has 1 aliphatic carbocycles. The maximum Gasteiger partial charge on any atom is 0.315 e. The minimum Gasteiger partial charge on any atom is -0.493 e. The number of carbonyl (C=O) groups is 2. The molecule has 7 heteroatoms. The van der Waals surface area contributed by atoms with E-state index in [9.17, 15) is 9.59 Å². The summed E-state index contributed by atoms with van der Waals surface area (Å²) in [4.78, 5) is 31.6. The molecule has 1 aromatic carbocycles. The fraction of sp³-hybridized carbons (Fsp3) is 0.464. The number of furan rings is 1. The Bertz CT molecular complexity index is 1170. The molecule has 4 rings (SSSR count). The summed E-state index contributed by atoms with van der Waals surface area (Å²) in [5.74, 6) is 0.938. The number of ether oxygens (including phenoxy) is 3. The number of ketones is 1. The maximum atomic E-state index is 13.6. The molecule has 186 valence electrons. The number of methoxy groups -OCH3 is 2. The highest BCUT2D eigenvalue weighted by atomic mass is 16.5. The van der Waals surface area contributed by atoms with E-state index in [2.05, 4.69) is 0 Å². The Kier molecular flexibility index (Phi) is 7.43. The Hall–Kier alpha value is -3.35. The van der Waals surface area contributed by atoms with Gasteiger partial charge in [0.2, 0.25) is 0 Å². The van der Waals surface area contributed by atoms with Gasteiger partial charge in [-0.3, -0.25) is 14.6 Å². The summed E-state index contributed by atoms with van der Waals surface area (Å²) < 4.78 is 22.4. The normalized spacial score (nSPS) is 21.9. The third-order valence-electron chi connectivity index (χ3n) is 6.83. The number of aliphatic imine (C=N–C) groups is 1. The third-order valence-corrected chi connectivity index (χ3v) is 6.83. The molecule has 0 fully saturated rings. The summed E-state index contributed by atoms with van der Waals surface area (Å²) >= 11 is 0. The zero-order valence-corrected chi connectivity index (χ0v) is 21.1. The molecule has 0 amide bonds. The predicted molar refractivity (Wildman–Crippen MR) is 132 cm³/mol. The van der Waals surface area contributed by atoms with Crippen LogP contribution in [-0.4, -0.2) is 38.3 Å². The minimum atomic E-state index is -0.683. The van der Waals surface area contributed by atoms with Crippen LogP contribution < -0.4 is 9.47 Å². The smallest absolute Gasteiger partial charge is 0.315 e. The summed E-state index contributed by atoms with van der Waals surface area (Å²) in [5.41, 5.74) is 2.92. The van der Waals surface area contributed by atoms with E-state index in [-0.39, 0.29) is 17.7 Å². The standard InChI is InChI=1S/C28H33NO6/c1-6-7-12-34-28(31)25-17(3)29-20-13-19(18-9-11-22(32-4)24(15-18)33-5)14-21(30)26(20)27(25)23-10-8-16(2)35-23/h8-11,15,19,25,27H,6-7,12-14H2,1-5H3/t19-,25?,27-/m1/s1. The number of rotatable bonds is 8. The number of hydrogen-bond acceptors (Lipinski definition) is 7. The Balaban J connectivity index is 1.71. The van der Waals surface area contributed by atoms with Crippen molar-refractivity contribution in [1.29, 1.82) is 0 Å². The molecule has 2 aliphatic rings. The molecule has 35 heavy (non-hydrogen) atoms. The number of esters is 1. The molecule has 3 atom stereocenters. The Morgan fingerprint density at radius 1 is 1.09 bits per heavy atom. The van der Waals surface area contributed by atoms with Gasteiger partial charge in [0.1, 0.15) is 17.4 Å². The van der Waals surface area contributed by atoms with Crippen LogP contribution in [0.1, 0.15) is 68.5 Å². The number of aryl methyl sites for hydroxylation is 1. The van der Waals surface area contributed by atoms with Crippen molar-refractivity contribution in [3.8, 4) is 11.5 Å². The number of allylic oxidation sites excluding steroid dienone is 2. The Morgan fingerprint density at radius 3 is 2.51 bits per heavy atom. The lowest BCUT2D eigenvalue weighted by Gasteiger charge is -2.35. The fourth-order valence-corrected chi connectivity index (χ4v) is 5.04. The second-order valence-electron chi connectivity index (χ2n) is 9.18. The maximum absolute atomic E-state index is 13.6. The van der Waals surface area contributed by atoms with Crippen LogP contribution >= 0.6 is 0 Å². The molecular formula is C28H33NO6. The highest BCUT2D eigenvalue weighted by Crippen LogP contribution is 2.47. The van der Waals surface area contributed by atoms with Gasteiger partial charge in [0.25, 0.3) is 0 Å². The number of carbonyl (C=O) groups excluding carboxylic acids is 2. The zero-order valence-electron chi connectivity index (χ0n) is 21.1. The second kappa shape index (κ2) is 10.5. The van der Waals surface area contributed by atoms with Gasteiger partial charge in [-0.15, -0.1) is 0 Å². The number of benzene rings is 1. The van der Waals surface area contributed by atoms with Gasteiger partial charge in [-0.2, -0.15) is 0 Å². The molecular weight excluding hydrogens is 446 g/mol. The first-order chi connectivity index (χ1) is 16.9. The monoisotopic (exact) mass is 479 g/mol. The van der Waals surface area contributed by atoms with Crippen molar-refractivity contribution in [2.75, 3.05) is 20.8 Å². The largest absolute Gasteiger partial charge is 0.493 e. The van der Waals surface area contributed by atoms with E-state index in [0.29, 0.717) is 48.0 Å². The van der Waals surface area contributed by atoms with Gasteiger partial charge in [0, 0.05) is 23.4 Å². The van der Waals surface area contributed by atoms with E-state index >= 15 is 0 Å². The van der Waals surface area contributed by atoms with E-state index in [0.717, 1.165) is 29.9 Å². The minimum absolute atomic E-state index is 0.0207. The molecule has 0 saturated carbocycles. The second-order valence-corrected chi connectivity index (χ2v) is 9.18. The quantitative estimate of drug-likeness (QED) is 0.366. The SMILES string of the molecule is CCCCOC(=O)C1C(C)=NC2=C(C(=O)C[C@H](c3ccc(OC)c(OC)c3)C2)[C@@H]1c1ccc(C)o1. The van der Waals surface area contributed by atoms with E-state index in [1.54, 1.807) is 14.2 Å². The highest BCUT2D eigenvalue weighted by Gasteiger charge is 2.46. The van der Waals surface area contributed by atoms with Gasteiger partial charge in [-0.1, -0.05) is 19.4 Å². The van der Waals surface area contributed by atoms with Crippen LogP contribution in [-0.2, 0) is 14.3 Å².